The van der Waals surface area contributed by atoms with E-state index < -0.39 is 11.7 Å². The van der Waals surface area contributed by atoms with Gasteiger partial charge in [0.05, 0.1) is 5.56 Å². The Morgan fingerprint density at radius 2 is 2.00 bits per heavy atom. The summed E-state index contributed by atoms with van der Waals surface area (Å²) in [5.74, 6) is 0.360. The van der Waals surface area contributed by atoms with Crippen LogP contribution in [0.5, 0.6) is 0 Å². The second-order valence-corrected chi connectivity index (χ2v) is 4.59. The molecule has 1 aromatic heterocycles. The SMILES string of the molecule is Cl.NC1CCCC1Cc1ccc(C(F)(F)F)cn1. The summed E-state index contributed by atoms with van der Waals surface area (Å²) in [5.41, 5.74) is 5.92. The Bertz CT molecular complexity index is 378. The molecule has 1 fully saturated rings. The van der Waals surface area contributed by atoms with Crippen molar-refractivity contribution < 1.29 is 13.2 Å². The fourth-order valence-corrected chi connectivity index (χ4v) is 2.30. The van der Waals surface area contributed by atoms with Crippen molar-refractivity contribution in [2.45, 2.75) is 37.9 Å². The lowest BCUT2D eigenvalue weighted by molar-refractivity contribution is -0.137. The van der Waals surface area contributed by atoms with Crippen LogP contribution in [0.4, 0.5) is 13.2 Å². The second-order valence-electron chi connectivity index (χ2n) is 4.59. The van der Waals surface area contributed by atoms with E-state index in [1.165, 1.54) is 6.07 Å². The maximum absolute atomic E-state index is 12.3. The first-order valence-electron chi connectivity index (χ1n) is 5.74. The molecule has 1 aliphatic carbocycles. The van der Waals surface area contributed by atoms with Gasteiger partial charge in [0.2, 0.25) is 0 Å². The Hall–Kier alpha value is -0.810. The van der Waals surface area contributed by atoms with E-state index in [-0.39, 0.29) is 18.4 Å². The molecule has 0 saturated heterocycles. The zero-order chi connectivity index (χ0) is 12.5. The summed E-state index contributed by atoms with van der Waals surface area (Å²) >= 11 is 0. The number of alkyl halides is 3. The number of pyridine rings is 1. The lowest BCUT2D eigenvalue weighted by Crippen LogP contribution is -2.26. The molecule has 2 nitrogen and oxygen atoms in total. The van der Waals surface area contributed by atoms with Crippen LogP contribution in [-0.4, -0.2) is 11.0 Å². The summed E-state index contributed by atoms with van der Waals surface area (Å²) in [7, 11) is 0. The largest absolute Gasteiger partial charge is 0.417 e. The Morgan fingerprint density at radius 3 is 2.44 bits per heavy atom. The lowest BCUT2D eigenvalue weighted by atomic mass is 9.98. The minimum Gasteiger partial charge on any atom is -0.327 e. The van der Waals surface area contributed by atoms with E-state index in [9.17, 15) is 13.2 Å². The molecule has 1 saturated carbocycles. The molecule has 0 amide bonds. The number of nitrogens with two attached hydrogens (primary N) is 1. The van der Waals surface area contributed by atoms with Gasteiger partial charge in [-0.2, -0.15) is 13.2 Å². The van der Waals surface area contributed by atoms with Crippen molar-refractivity contribution in [2.24, 2.45) is 11.7 Å². The van der Waals surface area contributed by atoms with Gasteiger partial charge in [-0.05, 0) is 37.3 Å². The van der Waals surface area contributed by atoms with Gasteiger partial charge < -0.3 is 5.73 Å². The van der Waals surface area contributed by atoms with E-state index >= 15 is 0 Å². The van der Waals surface area contributed by atoms with Crippen LogP contribution < -0.4 is 5.73 Å². The second kappa shape index (κ2) is 5.89. The fourth-order valence-electron chi connectivity index (χ4n) is 2.30. The Kier molecular flexibility index (Phi) is 4.99. The summed E-state index contributed by atoms with van der Waals surface area (Å²) < 4.78 is 37.0. The van der Waals surface area contributed by atoms with Gasteiger partial charge in [0.25, 0.3) is 0 Å². The minimum absolute atomic E-state index is 0. The van der Waals surface area contributed by atoms with Gasteiger partial charge >= 0.3 is 6.18 Å². The molecule has 0 radical (unpaired) electrons. The van der Waals surface area contributed by atoms with Gasteiger partial charge in [0.15, 0.2) is 0 Å². The maximum Gasteiger partial charge on any atom is 0.417 e. The van der Waals surface area contributed by atoms with Gasteiger partial charge in [0, 0.05) is 17.9 Å². The van der Waals surface area contributed by atoms with Crippen LogP contribution >= 0.6 is 12.4 Å². The van der Waals surface area contributed by atoms with Crippen molar-refractivity contribution >= 4 is 12.4 Å². The van der Waals surface area contributed by atoms with Crippen molar-refractivity contribution in [1.82, 2.24) is 4.98 Å². The quantitative estimate of drug-likeness (QED) is 0.903. The molecule has 1 aromatic rings. The normalized spacial score (nSPS) is 23.8. The highest BCUT2D eigenvalue weighted by Crippen LogP contribution is 2.30. The van der Waals surface area contributed by atoms with E-state index in [1.54, 1.807) is 0 Å². The molecule has 2 rings (SSSR count). The molecule has 0 spiro atoms. The molecular formula is C12H16ClF3N2. The highest BCUT2D eigenvalue weighted by atomic mass is 35.5. The zero-order valence-electron chi connectivity index (χ0n) is 9.78. The van der Waals surface area contributed by atoms with Crippen LogP contribution in [0.1, 0.15) is 30.5 Å². The average Bonchev–Trinajstić information content (AvgIpc) is 2.64. The van der Waals surface area contributed by atoms with Crippen LogP contribution in [0.15, 0.2) is 18.3 Å². The molecule has 2 unspecified atom stereocenters. The number of hydrogen-bond acceptors (Lipinski definition) is 2. The van der Waals surface area contributed by atoms with Crippen LogP contribution in [0, 0.1) is 5.92 Å². The van der Waals surface area contributed by atoms with Crippen LogP contribution in [0.2, 0.25) is 0 Å². The number of aromatic nitrogens is 1. The van der Waals surface area contributed by atoms with E-state index in [0.29, 0.717) is 18.0 Å². The van der Waals surface area contributed by atoms with Crippen LogP contribution in [0.3, 0.4) is 0 Å². The van der Waals surface area contributed by atoms with Crippen molar-refractivity contribution in [3.05, 3.63) is 29.6 Å². The fraction of sp³-hybridized carbons (Fsp3) is 0.583. The summed E-state index contributed by atoms with van der Waals surface area (Å²) in [6, 6.07) is 2.70. The molecule has 2 atom stereocenters. The van der Waals surface area contributed by atoms with Crippen LogP contribution in [-0.2, 0) is 12.6 Å². The number of hydrogen-bond donors (Lipinski definition) is 1. The van der Waals surface area contributed by atoms with Gasteiger partial charge in [0.1, 0.15) is 0 Å². The van der Waals surface area contributed by atoms with E-state index in [0.717, 1.165) is 31.5 Å². The van der Waals surface area contributed by atoms with Crippen molar-refractivity contribution in [3.63, 3.8) is 0 Å². The summed E-state index contributed by atoms with van der Waals surface area (Å²) in [4.78, 5) is 3.87. The van der Waals surface area contributed by atoms with Crippen LogP contribution in [0.25, 0.3) is 0 Å². The minimum atomic E-state index is -4.31. The van der Waals surface area contributed by atoms with Gasteiger partial charge in [-0.3, -0.25) is 4.98 Å². The zero-order valence-corrected chi connectivity index (χ0v) is 10.6. The van der Waals surface area contributed by atoms with E-state index in [4.69, 9.17) is 5.73 Å². The molecule has 0 bridgehead atoms. The molecule has 0 aliphatic heterocycles. The molecule has 18 heavy (non-hydrogen) atoms. The molecule has 0 aromatic carbocycles. The first-order valence-corrected chi connectivity index (χ1v) is 5.74. The molecule has 1 aliphatic rings. The van der Waals surface area contributed by atoms with Gasteiger partial charge in [-0.25, -0.2) is 0 Å². The number of halogens is 4. The lowest BCUT2D eigenvalue weighted by Gasteiger charge is -2.14. The predicted molar refractivity (Wildman–Crippen MR) is 65.5 cm³/mol. The number of nitrogens with zero attached hydrogens (tertiary/aromatic N) is 1. The standard InChI is InChI=1S/C12H15F3N2.ClH/c13-12(14,15)9-4-5-10(17-7-9)6-8-2-1-3-11(8)16;/h4-5,7-8,11H,1-3,6,16H2;1H. The maximum atomic E-state index is 12.3. The molecule has 2 N–H and O–H groups in total. The summed E-state index contributed by atoms with van der Waals surface area (Å²) in [6.07, 6.45) is 0.423. The highest BCUT2D eigenvalue weighted by molar-refractivity contribution is 5.85. The van der Waals surface area contributed by atoms with Crippen molar-refractivity contribution in [2.75, 3.05) is 0 Å². The predicted octanol–water partition coefficient (Wildman–Crippen LogP) is 3.19. The van der Waals surface area contributed by atoms with E-state index in [2.05, 4.69) is 4.98 Å². The molecule has 102 valence electrons. The molecule has 1 heterocycles. The highest BCUT2D eigenvalue weighted by Gasteiger charge is 2.31. The van der Waals surface area contributed by atoms with Gasteiger partial charge in [-0.1, -0.05) is 6.42 Å². The van der Waals surface area contributed by atoms with Gasteiger partial charge in [-0.15, -0.1) is 12.4 Å². The third kappa shape index (κ3) is 3.59. The third-order valence-electron chi connectivity index (χ3n) is 3.34. The first-order chi connectivity index (χ1) is 7.97. The Labute approximate surface area is 110 Å². The third-order valence-corrected chi connectivity index (χ3v) is 3.34. The summed E-state index contributed by atoms with van der Waals surface area (Å²) in [6.45, 7) is 0. The topological polar surface area (TPSA) is 38.9 Å². The molecule has 6 heteroatoms. The monoisotopic (exact) mass is 280 g/mol. The first kappa shape index (κ1) is 15.2. The van der Waals surface area contributed by atoms with Crippen molar-refractivity contribution in [3.8, 4) is 0 Å². The van der Waals surface area contributed by atoms with E-state index in [1.807, 2.05) is 0 Å². The van der Waals surface area contributed by atoms with Crippen molar-refractivity contribution in [1.29, 1.82) is 0 Å². The Balaban J connectivity index is 0.00000162. The Morgan fingerprint density at radius 1 is 1.28 bits per heavy atom. The smallest absolute Gasteiger partial charge is 0.327 e. The molecular weight excluding hydrogens is 265 g/mol. The summed E-state index contributed by atoms with van der Waals surface area (Å²) in [5, 5.41) is 0. The number of rotatable bonds is 2. The average molecular weight is 281 g/mol.